The van der Waals surface area contributed by atoms with Crippen LogP contribution in [0.3, 0.4) is 0 Å². The number of hydrogen-bond donors (Lipinski definition) is 3. The molecule has 1 aromatic heterocycles. The van der Waals surface area contributed by atoms with Crippen molar-refractivity contribution in [2.45, 2.75) is 25.8 Å². The number of carboxylic acid groups (broad SMARTS) is 1. The van der Waals surface area contributed by atoms with Crippen LogP contribution in [0, 0.1) is 0 Å². The Labute approximate surface area is 108 Å². The van der Waals surface area contributed by atoms with Crippen LogP contribution >= 0.6 is 23.2 Å². The highest BCUT2D eigenvalue weighted by Crippen LogP contribution is 2.21. The first-order chi connectivity index (χ1) is 7.95. The molecule has 1 rings (SSSR count). The fourth-order valence-electron chi connectivity index (χ4n) is 1.31. The number of rotatable bonds is 5. The predicted octanol–water partition coefficient (Wildman–Crippen LogP) is 2.30. The lowest BCUT2D eigenvalue weighted by Crippen LogP contribution is -2.40. The van der Waals surface area contributed by atoms with Gasteiger partial charge in [-0.25, -0.2) is 4.79 Å². The largest absolute Gasteiger partial charge is 0.480 e. The highest BCUT2D eigenvalue weighted by atomic mass is 35.5. The second kappa shape index (κ2) is 5.93. The summed E-state index contributed by atoms with van der Waals surface area (Å²) in [5.41, 5.74) is 0.141. The highest BCUT2D eigenvalue weighted by Gasteiger charge is 2.21. The molecule has 17 heavy (non-hydrogen) atoms. The van der Waals surface area contributed by atoms with Crippen LogP contribution in [-0.4, -0.2) is 28.0 Å². The first-order valence-electron chi connectivity index (χ1n) is 5.03. The van der Waals surface area contributed by atoms with Crippen LogP contribution in [0.25, 0.3) is 0 Å². The van der Waals surface area contributed by atoms with Gasteiger partial charge in [0.25, 0.3) is 5.91 Å². The van der Waals surface area contributed by atoms with E-state index in [1.807, 2.05) is 6.92 Å². The third-order valence-corrected chi connectivity index (χ3v) is 2.84. The van der Waals surface area contributed by atoms with Crippen LogP contribution in [0.15, 0.2) is 6.07 Å². The molecule has 7 heteroatoms. The number of carbonyl (C=O) groups excluding carboxylic acids is 1. The van der Waals surface area contributed by atoms with E-state index < -0.39 is 17.9 Å². The van der Waals surface area contributed by atoms with Crippen molar-refractivity contribution in [2.75, 3.05) is 0 Å². The lowest BCUT2D eigenvalue weighted by molar-refractivity contribution is -0.139. The van der Waals surface area contributed by atoms with Crippen LogP contribution in [0.1, 0.15) is 30.3 Å². The molecular weight excluding hydrogens is 267 g/mol. The second-order valence-electron chi connectivity index (χ2n) is 3.50. The number of halogens is 2. The Kier molecular flexibility index (Phi) is 4.84. The average molecular weight is 279 g/mol. The van der Waals surface area contributed by atoms with Gasteiger partial charge < -0.3 is 15.4 Å². The number of carboxylic acids is 1. The van der Waals surface area contributed by atoms with E-state index in [9.17, 15) is 9.59 Å². The Morgan fingerprint density at radius 1 is 1.53 bits per heavy atom. The zero-order chi connectivity index (χ0) is 13.0. The van der Waals surface area contributed by atoms with Crippen molar-refractivity contribution in [3.05, 3.63) is 21.9 Å². The summed E-state index contributed by atoms with van der Waals surface area (Å²) in [4.78, 5) is 25.1. The Bertz CT molecular complexity index is 412. The maximum atomic E-state index is 11.7. The number of aliphatic carboxylic acids is 1. The predicted molar refractivity (Wildman–Crippen MR) is 64.6 cm³/mol. The van der Waals surface area contributed by atoms with E-state index in [0.717, 1.165) is 0 Å². The summed E-state index contributed by atoms with van der Waals surface area (Å²) in [6, 6.07) is 0.442. The molecule has 1 heterocycles. The molecule has 1 amide bonds. The molecule has 0 aliphatic rings. The van der Waals surface area contributed by atoms with Gasteiger partial charge in [0, 0.05) is 0 Å². The van der Waals surface area contributed by atoms with Crippen molar-refractivity contribution in [3.63, 3.8) is 0 Å². The Morgan fingerprint density at radius 2 is 2.18 bits per heavy atom. The third kappa shape index (κ3) is 3.64. The second-order valence-corrected chi connectivity index (χ2v) is 4.28. The van der Waals surface area contributed by atoms with Crippen molar-refractivity contribution in [1.29, 1.82) is 0 Å². The molecular formula is C10H12Cl2N2O3. The van der Waals surface area contributed by atoms with Crippen LogP contribution in [0.4, 0.5) is 0 Å². The first kappa shape index (κ1) is 13.9. The maximum absolute atomic E-state index is 11.7. The van der Waals surface area contributed by atoms with E-state index in [2.05, 4.69) is 10.3 Å². The van der Waals surface area contributed by atoms with Crippen molar-refractivity contribution in [1.82, 2.24) is 10.3 Å². The average Bonchev–Trinajstić information content (AvgIpc) is 2.58. The number of aromatic nitrogens is 1. The molecule has 1 unspecified atom stereocenters. The highest BCUT2D eigenvalue weighted by molar-refractivity contribution is 6.41. The van der Waals surface area contributed by atoms with Crippen LogP contribution in [0.5, 0.6) is 0 Å². The van der Waals surface area contributed by atoms with Crippen LogP contribution in [0.2, 0.25) is 10.2 Å². The molecule has 0 aliphatic heterocycles. The summed E-state index contributed by atoms with van der Waals surface area (Å²) in [6.45, 7) is 1.84. The number of carbonyl (C=O) groups is 2. The molecule has 1 atom stereocenters. The Morgan fingerprint density at radius 3 is 2.59 bits per heavy atom. The van der Waals surface area contributed by atoms with E-state index in [1.54, 1.807) is 0 Å². The minimum absolute atomic E-state index is 0.141. The number of nitrogens with one attached hydrogen (secondary N) is 2. The van der Waals surface area contributed by atoms with Crippen molar-refractivity contribution < 1.29 is 14.7 Å². The molecule has 0 bridgehead atoms. The van der Waals surface area contributed by atoms with E-state index >= 15 is 0 Å². The van der Waals surface area contributed by atoms with E-state index in [0.29, 0.717) is 12.8 Å². The van der Waals surface area contributed by atoms with Crippen LogP contribution < -0.4 is 5.32 Å². The van der Waals surface area contributed by atoms with Gasteiger partial charge >= 0.3 is 5.97 Å². The molecule has 0 fully saturated rings. The minimum atomic E-state index is -1.07. The van der Waals surface area contributed by atoms with Gasteiger partial charge in [0.05, 0.1) is 5.02 Å². The Balaban J connectivity index is 2.73. The summed E-state index contributed by atoms with van der Waals surface area (Å²) in [5, 5.41) is 11.6. The van der Waals surface area contributed by atoms with Crippen LogP contribution in [-0.2, 0) is 4.79 Å². The maximum Gasteiger partial charge on any atom is 0.326 e. The lowest BCUT2D eigenvalue weighted by Gasteiger charge is -2.12. The van der Waals surface area contributed by atoms with Gasteiger partial charge in [0.2, 0.25) is 0 Å². The summed E-state index contributed by atoms with van der Waals surface area (Å²) in [6.07, 6.45) is 1.02. The van der Waals surface area contributed by atoms with Gasteiger partial charge in [-0.15, -0.1) is 0 Å². The number of aromatic amines is 1. The smallest absolute Gasteiger partial charge is 0.326 e. The lowest BCUT2D eigenvalue weighted by atomic mass is 10.1. The van der Waals surface area contributed by atoms with Gasteiger partial charge in [-0.3, -0.25) is 4.79 Å². The molecule has 0 saturated heterocycles. The fourth-order valence-corrected chi connectivity index (χ4v) is 1.62. The molecule has 0 aliphatic carbocycles. The molecule has 0 aromatic carbocycles. The molecule has 94 valence electrons. The van der Waals surface area contributed by atoms with Gasteiger partial charge in [-0.1, -0.05) is 36.5 Å². The molecule has 3 N–H and O–H groups in total. The first-order valence-corrected chi connectivity index (χ1v) is 5.79. The molecule has 1 aromatic rings. The van der Waals surface area contributed by atoms with Crippen molar-refractivity contribution >= 4 is 35.1 Å². The third-order valence-electron chi connectivity index (χ3n) is 2.15. The fraction of sp³-hybridized carbons (Fsp3) is 0.400. The summed E-state index contributed by atoms with van der Waals surface area (Å²) < 4.78 is 0. The monoisotopic (exact) mass is 278 g/mol. The van der Waals surface area contributed by atoms with Gasteiger partial charge in [-0.2, -0.15) is 0 Å². The number of H-pyrrole nitrogens is 1. The normalized spacial score (nSPS) is 12.2. The Hall–Kier alpha value is -1.20. The molecule has 5 nitrogen and oxygen atoms in total. The van der Waals surface area contributed by atoms with E-state index in [-0.39, 0.29) is 15.9 Å². The van der Waals surface area contributed by atoms with Crippen molar-refractivity contribution in [3.8, 4) is 0 Å². The number of amides is 1. The quantitative estimate of drug-likeness (QED) is 0.773. The number of hydrogen-bond acceptors (Lipinski definition) is 2. The van der Waals surface area contributed by atoms with Gasteiger partial charge in [0.1, 0.15) is 16.9 Å². The standard InChI is InChI=1S/C10H12Cl2N2O3/c1-2-3-6(10(16)17)14-9(15)7-4-5(11)8(12)13-7/h4,6,13H,2-3H2,1H3,(H,14,15)(H,16,17). The zero-order valence-electron chi connectivity index (χ0n) is 9.09. The molecule has 0 radical (unpaired) electrons. The van der Waals surface area contributed by atoms with E-state index in [4.69, 9.17) is 28.3 Å². The van der Waals surface area contributed by atoms with Crippen molar-refractivity contribution in [2.24, 2.45) is 0 Å². The minimum Gasteiger partial charge on any atom is -0.480 e. The van der Waals surface area contributed by atoms with Gasteiger partial charge in [0.15, 0.2) is 0 Å². The zero-order valence-corrected chi connectivity index (χ0v) is 10.6. The molecule has 0 saturated carbocycles. The topological polar surface area (TPSA) is 82.2 Å². The summed E-state index contributed by atoms with van der Waals surface area (Å²) >= 11 is 11.3. The van der Waals surface area contributed by atoms with E-state index in [1.165, 1.54) is 6.07 Å². The van der Waals surface area contributed by atoms with Gasteiger partial charge in [-0.05, 0) is 12.5 Å². The summed E-state index contributed by atoms with van der Waals surface area (Å²) in [5.74, 6) is -1.61. The summed E-state index contributed by atoms with van der Waals surface area (Å²) in [7, 11) is 0. The molecule has 0 spiro atoms. The SMILES string of the molecule is CCCC(NC(=O)c1cc(Cl)c(Cl)[nH]1)C(=O)O.